The van der Waals surface area contributed by atoms with Crippen molar-refractivity contribution in [3.8, 4) is 0 Å². The van der Waals surface area contributed by atoms with Crippen molar-refractivity contribution in [3.05, 3.63) is 53.6 Å². The molecule has 0 amide bonds. The van der Waals surface area contributed by atoms with Gasteiger partial charge in [-0.2, -0.15) is 0 Å². The Morgan fingerprint density at radius 2 is 2.10 bits per heavy atom. The first-order valence-corrected chi connectivity index (χ1v) is 6.81. The minimum absolute atomic E-state index is 0.280. The number of ether oxygens (including phenoxy) is 1. The number of hydrogen-bond donors (Lipinski definition) is 1. The van der Waals surface area contributed by atoms with Gasteiger partial charge in [0.05, 0.1) is 12.7 Å². The van der Waals surface area contributed by atoms with Crippen LogP contribution < -0.4 is 5.32 Å². The zero-order valence-corrected chi connectivity index (χ0v) is 11.5. The number of carbonyl (C=O) groups is 1. The summed E-state index contributed by atoms with van der Waals surface area (Å²) >= 11 is 0. The highest BCUT2D eigenvalue weighted by molar-refractivity contribution is 6.05. The summed E-state index contributed by atoms with van der Waals surface area (Å²) in [7, 11) is 1.42. The lowest BCUT2D eigenvalue weighted by Gasteiger charge is -2.16. The van der Waals surface area contributed by atoms with Gasteiger partial charge in [0.15, 0.2) is 0 Å². The molecule has 0 radical (unpaired) electrons. The Labute approximate surface area is 118 Å². The quantitative estimate of drug-likeness (QED) is 0.850. The summed E-state index contributed by atoms with van der Waals surface area (Å²) in [6.45, 7) is 1.86. The number of esters is 1. The molecule has 1 aliphatic rings. The number of methoxy groups -OCH3 is 1. The minimum atomic E-state index is -0.280. The van der Waals surface area contributed by atoms with Crippen LogP contribution in [0, 0.1) is 0 Å². The molecule has 1 aliphatic heterocycles. The van der Waals surface area contributed by atoms with Gasteiger partial charge in [-0.25, -0.2) is 4.79 Å². The lowest BCUT2D eigenvalue weighted by atomic mass is 9.94. The largest absolute Gasteiger partial charge is 0.465 e. The molecule has 1 heterocycles. The average Bonchev–Trinajstić information content (AvgIpc) is 2.54. The van der Waals surface area contributed by atoms with E-state index in [-0.39, 0.29) is 5.97 Å². The third-order valence-corrected chi connectivity index (χ3v) is 3.70. The van der Waals surface area contributed by atoms with Gasteiger partial charge in [0.1, 0.15) is 0 Å². The second-order valence-corrected chi connectivity index (χ2v) is 4.92. The van der Waals surface area contributed by atoms with Gasteiger partial charge in [-0.15, -0.1) is 0 Å². The molecule has 0 aliphatic carbocycles. The maximum Gasteiger partial charge on any atom is 0.338 e. The molecular formula is C17H17NO2. The number of fused-ring (bicyclic) bond motifs is 1. The molecular weight excluding hydrogens is 250 g/mol. The van der Waals surface area contributed by atoms with E-state index < -0.39 is 0 Å². The molecule has 3 rings (SSSR count). The lowest BCUT2D eigenvalue weighted by molar-refractivity contribution is 0.0603. The molecule has 102 valence electrons. The molecule has 3 heteroatoms. The van der Waals surface area contributed by atoms with Gasteiger partial charge in [-0.1, -0.05) is 30.3 Å². The third kappa shape index (κ3) is 2.32. The van der Waals surface area contributed by atoms with Crippen LogP contribution in [0.15, 0.2) is 42.5 Å². The molecule has 2 aromatic rings. The third-order valence-electron chi connectivity index (χ3n) is 3.70. The van der Waals surface area contributed by atoms with Crippen LogP contribution >= 0.6 is 0 Å². The van der Waals surface area contributed by atoms with Crippen molar-refractivity contribution in [2.75, 3.05) is 20.2 Å². The standard InChI is InChI=1S/C17H17NO2/c1-20-17(19)16-11-14(12-6-8-18-9-7-12)10-13-4-2-3-5-15(13)16/h2-6,10-11,18H,7-9H2,1H3. The Balaban J connectivity index is 2.19. The van der Waals surface area contributed by atoms with Crippen molar-refractivity contribution in [1.82, 2.24) is 5.32 Å². The van der Waals surface area contributed by atoms with Crippen LogP contribution in [-0.2, 0) is 4.74 Å². The number of hydrogen-bond acceptors (Lipinski definition) is 3. The average molecular weight is 267 g/mol. The smallest absolute Gasteiger partial charge is 0.338 e. The fourth-order valence-corrected chi connectivity index (χ4v) is 2.66. The van der Waals surface area contributed by atoms with Crippen LogP contribution in [0.1, 0.15) is 22.3 Å². The van der Waals surface area contributed by atoms with Crippen molar-refractivity contribution in [3.63, 3.8) is 0 Å². The van der Waals surface area contributed by atoms with E-state index in [1.807, 2.05) is 30.3 Å². The zero-order chi connectivity index (χ0) is 13.9. The van der Waals surface area contributed by atoms with E-state index in [9.17, 15) is 4.79 Å². The van der Waals surface area contributed by atoms with Crippen molar-refractivity contribution >= 4 is 22.3 Å². The molecule has 0 unspecified atom stereocenters. The minimum Gasteiger partial charge on any atom is -0.465 e. The molecule has 0 saturated heterocycles. The molecule has 0 spiro atoms. The fraction of sp³-hybridized carbons (Fsp3) is 0.235. The number of carbonyl (C=O) groups excluding carboxylic acids is 1. The van der Waals surface area contributed by atoms with E-state index in [2.05, 4.69) is 17.5 Å². The van der Waals surface area contributed by atoms with Crippen LogP contribution in [-0.4, -0.2) is 26.2 Å². The first kappa shape index (κ1) is 12.9. The Hall–Kier alpha value is -2.13. The summed E-state index contributed by atoms with van der Waals surface area (Å²) in [5, 5.41) is 5.32. The van der Waals surface area contributed by atoms with Gasteiger partial charge in [0.2, 0.25) is 0 Å². The number of rotatable bonds is 2. The van der Waals surface area contributed by atoms with Crippen molar-refractivity contribution in [2.45, 2.75) is 6.42 Å². The molecule has 0 fully saturated rings. The van der Waals surface area contributed by atoms with E-state index in [0.717, 1.165) is 35.8 Å². The van der Waals surface area contributed by atoms with E-state index in [4.69, 9.17) is 4.74 Å². The van der Waals surface area contributed by atoms with E-state index in [1.54, 1.807) is 0 Å². The van der Waals surface area contributed by atoms with Crippen molar-refractivity contribution in [1.29, 1.82) is 0 Å². The molecule has 0 saturated carbocycles. The van der Waals surface area contributed by atoms with Crippen LogP contribution in [0.3, 0.4) is 0 Å². The molecule has 1 N–H and O–H groups in total. The molecule has 0 bridgehead atoms. The normalized spacial score (nSPS) is 14.9. The van der Waals surface area contributed by atoms with E-state index >= 15 is 0 Å². The van der Waals surface area contributed by atoms with Crippen molar-refractivity contribution in [2.24, 2.45) is 0 Å². The summed E-state index contributed by atoms with van der Waals surface area (Å²) < 4.78 is 4.92. The van der Waals surface area contributed by atoms with Gasteiger partial charge < -0.3 is 10.1 Å². The van der Waals surface area contributed by atoms with Gasteiger partial charge >= 0.3 is 5.97 Å². The summed E-state index contributed by atoms with van der Waals surface area (Å²) in [5.74, 6) is -0.280. The van der Waals surface area contributed by atoms with E-state index in [1.165, 1.54) is 12.7 Å². The van der Waals surface area contributed by atoms with Gasteiger partial charge in [-0.05, 0) is 47.0 Å². The Morgan fingerprint density at radius 3 is 2.85 bits per heavy atom. The highest BCUT2D eigenvalue weighted by atomic mass is 16.5. The molecule has 20 heavy (non-hydrogen) atoms. The summed E-state index contributed by atoms with van der Waals surface area (Å²) in [4.78, 5) is 12.0. The second kappa shape index (κ2) is 5.47. The molecule has 2 aromatic carbocycles. The van der Waals surface area contributed by atoms with Crippen LogP contribution in [0.4, 0.5) is 0 Å². The molecule has 0 atom stereocenters. The maximum atomic E-state index is 12.0. The van der Waals surface area contributed by atoms with Crippen LogP contribution in [0.25, 0.3) is 16.3 Å². The monoisotopic (exact) mass is 267 g/mol. The number of nitrogens with one attached hydrogen (secondary N) is 1. The maximum absolute atomic E-state index is 12.0. The summed E-state index contributed by atoms with van der Waals surface area (Å²) in [6.07, 6.45) is 3.17. The Morgan fingerprint density at radius 1 is 1.25 bits per heavy atom. The predicted molar refractivity (Wildman–Crippen MR) is 80.8 cm³/mol. The molecule has 0 aromatic heterocycles. The predicted octanol–water partition coefficient (Wildman–Crippen LogP) is 3.00. The zero-order valence-electron chi connectivity index (χ0n) is 11.5. The second-order valence-electron chi connectivity index (χ2n) is 4.92. The lowest BCUT2D eigenvalue weighted by Crippen LogP contribution is -2.20. The fourth-order valence-electron chi connectivity index (χ4n) is 2.66. The van der Waals surface area contributed by atoms with Crippen LogP contribution in [0.2, 0.25) is 0 Å². The highest BCUT2D eigenvalue weighted by Gasteiger charge is 2.14. The Bertz CT molecular complexity index is 688. The number of benzene rings is 2. The topological polar surface area (TPSA) is 38.3 Å². The van der Waals surface area contributed by atoms with Gasteiger partial charge in [0, 0.05) is 6.54 Å². The first-order chi connectivity index (χ1) is 9.79. The van der Waals surface area contributed by atoms with Gasteiger partial charge in [0.25, 0.3) is 0 Å². The van der Waals surface area contributed by atoms with Crippen molar-refractivity contribution < 1.29 is 9.53 Å². The van der Waals surface area contributed by atoms with Gasteiger partial charge in [-0.3, -0.25) is 0 Å². The van der Waals surface area contributed by atoms with Crippen LogP contribution in [0.5, 0.6) is 0 Å². The summed E-state index contributed by atoms with van der Waals surface area (Å²) in [6, 6.07) is 12.0. The Kier molecular flexibility index (Phi) is 3.52. The molecule has 3 nitrogen and oxygen atoms in total. The first-order valence-electron chi connectivity index (χ1n) is 6.81. The summed E-state index contributed by atoms with van der Waals surface area (Å²) in [5.41, 5.74) is 3.05. The van der Waals surface area contributed by atoms with E-state index in [0.29, 0.717) is 5.56 Å². The SMILES string of the molecule is COC(=O)c1cc(C2=CCNCC2)cc2ccccc12. The highest BCUT2D eigenvalue weighted by Crippen LogP contribution is 2.27.